The SMILES string of the molecule is COc1cccc(OC)c1-c1cc(C(=O)NC(C)(C)C(=O)OC(C)(C)C)nn1-c1ccc(NCCCN(C)CCCN)cc1C(C)C. The molecule has 11 nitrogen and oxygen atoms in total. The maximum atomic E-state index is 13.7. The minimum Gasteiger partial charge on any atom is -0.496 e. The van der Waals surface area contributed by atoms with Crippen molar-refractivity contribution in [1.29, 1.82) is 0 Å². The number of hydrogen-bond acceptors (Lipinski definition) is 9. The lowest BCUT2D eigenvalue weighted by Gasteiger charge is -2.28. The third-order valence-electron chi connectivity index (χ3n) is 7.63. The zero-order valence-corrected chi connectivity index (χ0v) is 29.8. The molecule has 11 heteroatoms. The molecular weight excluding hydrogens is 596 g/mol. The number of esters is 1. The summed E-state index contributed by atoms with van der Waals surface area (Å²) in [6, 6.07) is 13.4. The van der Waals surface area contributed by atoms with Crippen molar-refractivity contribution in [2.24, 2.45) is 5.73 Å². The van der Waals surface area contributed by atoms with E-state index in [1.807, 2.05) is 30.3 Å². The van der Waals surface area contributed by atoms with Gasteiger partial charge in [-0.3, -0.25) is 4.79 Å². The maximum absolute atomic E-state index is 13.7. The summed E-state index contributed by atoms with van der Waals surface area (Å²) >= 11 is 0. The first-order valence-electron chi connectivity index (χ1n) is 16.3. The number of carbonyl (C=O) groups is 2. The molecule has 3 rings (SSSR count). The molecule has 0 spiro atoms. The van der Waals surface area contributed by atoms with Gasteiger partial charge in [0.1, 0.15) is 22.6 Å². The van der Waals surface area contributed by atoms with Crippen LogP contribution in [0.15, 0.2) is 42.5 Å². The summed E-state index contributed by atoms with van der Waals surface area (Å²) in [5.41, 5.74) is 7.86. The van der Waals surface area contributed by atoms with Crippen LogP contribution in [-0.2, 0) is 9.53 Å². The highest BCUT2D eigenvalue weighted by Gasteiger charge is 2.35. The molecule has 0 aliphatic heterocycles. The smallest absolute Gasteiger partial charge is 0.331 e. The van der Waals surface area contributed by atoms with Gasteiger partial charge in [0.05, 0.1) is 31.2 Å². The lowest BCUT2D eigenvalue weighted by atomic mass is 9.99. The van der Waals surface area contributed by atoms with E-state index in [0.717, 1.165) is 49.4 Å². The van der Waals surface area contributed by atoms with E-state index in [1.54, 1.807) is 59.6 Å². The summed E-state index contributed by atoms with van der Waals surface area (Å²) in [6.45, 7) is 16.3. The number of methoxy groups -OCH3 is 2. The minimum absolute atomic E-state index is 0.125. The number of rotatable bonds is 16. The van der Waals surface area contributed by atoms with E-state index in [1.165, 1.54) is 0 Å². The Morgan fingerprint density at radius 1 is 0.979 bits per heavy atom. The molecule has 47 heavy (non-hydrogen) atoms. The van der Waals surface area contributed by atoms with Crippen molar-refractivity contribution in [2.45, 2.75) is 78.4 Å². The van der Waals surface area contributed by atoms with Gasteiger partial charge in [-0.05, 0) is 122 Å². The average molecular weight is 651 g/mol. The number of anilines is 1. The van der Waals surface area contributed by atoms with E-state index in [-0.39, 0.29) is 11.6 Å². The van der Waals surface area contributed by atoms with Crippen LogP contribution in [0, 0.1) is 0 Å². The van der Waals surface area contributed by atoms with Crippen LogP contribution in [0.1, 0.15) is 83.3 Å². The summed E-state index contributed by atoms with van der Waals surface area (Å²) in [6.07, 6.45) is 1.99. The molecule has 0 radical (unpaired) electrons. The summed E-state index contributed by atoms with van der Waals surface area (Å²) in [5, 5.41) is 11.2. The first-order valence-corrected chi connectivity index (χ1v) is 16.3. The van der Waals surface area contributed by atoms with Crippen LogP contribution in [0.5, 0.6) is 11.5 Å². The topological polar surface area (TPSA) is 133 Å². The fourth-order valence-corrected chi connectivity index (χ4v) is 5.14. The highest BCUT2D eigenvalue weighted by Crippen LogP contribution is 2.40. The Morgan fingerprint density at radius 2 is 1.62 bits per heavy atom. The van der Waals surface area contributed by atoms with E-state index in [2.05, 4.69) is 42.5 Å². The Balaban J connectivity index is 2.05. The molecule has 0 bridgehead atoms. The molecule has 4 N–H and O–H groups in total. The standard InChI is InChI=1S/C36H54N6O5/c1-24(2)26-22-25(38-19-13-21-41(8)20-12-18-37)16-17-28(26)42-29(32-30(45-9)14-11-15-31(32)46-10)23-27(40-42)33(43)39-36(6,7)34(44)47-35(3,4)5/h11,14-17,22-24,38H,12-13,18-21,37H2,1-10H3,(H,39,43). The van der Waals surface area contributed by atoms with Crippen LogP contribution in [0.4, 0.5) is 5.69 Å². The van der Waals surface area contributed by atoms with Gasteiger partial charge >= 0.3 is 5.97 Å². The second kappa shape index (κ2) is 16.1. The van der Waals surface area contributed by atoms with Crippen molar-refractivity contribution in [3.05, 3.63) is 53.7 Å². The number of carbonyl (C=O) groups excluding carboxylic acids is 2. The maximum Gasteiger partial charge on any atom is 0.331 e. The molecular formula is C36H54N6O5. The van der Waals surface area contributed by atoms with E-state index in [4.69, 9.17) is 25.0 Å². The number of nitrogens with zero attached hydrogens (tertiary/aromatic N) is 3. The first kappa shape index (κ1) is 37.4. The summed E-state index contributed by atoms with van der Waals surface area (Å²) in [4.78, 5) is 29.0. The molecule has 258 valence electrons. The normalized spacial score (nSPS) is 11.9. The van der Waals surface area contributed by atoms with Crippen LogP contribution in [0.25, 0.3) is 16.9 Å². The lowest BCUT2D eigenvalue weighted by Crippen LogP contribution is -2.52. The summed E-state index contributed by atoms with van der Waals surface area (Å²) in [5.74, 6) is 0.196. The largest absolute Gasteiger partial charge is 0.496 e. The van der Waals surface area contributed by atoms with Gasteiger partial charge in [0.15, 0.2) is 5.69 Å². The Bertz CT molecular complexity index is 1490. The zero-order chi connectivity index (χ0) is 34.9. The number of hydrogen-bond donors (Lipinski definition) is 3. The number of nitrogens with two attached hydrogens (primary N) is 1. The fourth-order valence-electron chi connectivity index (χ4n) is 5.14. The molecule has 0 aliphatic rings. The van der Waals surface area contributed by atoms with Gasteiger partial charge in [-0.1, -0.05) is 19.9 Å². The van der Waals surface area contributed by atoms with Crippen LogP contribution in [0.2, 0.25) is 0 Å². The first-order chi connectivity index (χ1) is 22.1. The average Bonchev–Trinajstić information content (AvgIpc) is 3.45. The second-order valence-corrected chi connectivity index (χ2v) is 13.6. The highest BCUT2D eigenvalue weighted by molar-refractivity contribution is 5.98. The van der Waals surface area contributed by atoms with E-state index < -0.39 is 23.0 Å². The molecule has 1 amide bonds. The predicted molar refractivity (Wildman–Crippen MR) is 188 cm³/mol. The van der Waals surface area contributed by atoms with E-state index in [0.29, 0.717) is 29.3 Å². The molecule has 0 unspecified atom stereocenters. The third-order valence-corrected chi connectivity index (χ3v) is 7.63. The van der Waals surface area contributed by atoms with Crippen molar-refractivity contribution < 1.29 is 23.8 Å². The molecule has 1 aromatic heterocycles. The Hall–Kier alpha value is -4.09. The van der Waals surface area contributed by atoms with Crippen LogP contribution in [-0.4, -0.2) is 85.1 Å². The fraction of sp³-hybridized carbons (Fsp3) is 0.528. The van der Waals surface area contributed by atoms with Gasteiger partial charge in [-0.25, -0.2) is 9.48 Å². The molecule has 0 aliphatic carbocycles. The van der Waals surface area contributed by atoms with Gasteiger partial charge in [0.2, 0.25) is 0 Å². The van der Waals surface area contributed by atoms with Crippen LogP contribution >= 0.6 is 0 Å². The lowest BCUT2D eigenvalue weighted by molar-refractivity contribution is -0.161. The molecule has 3 aromatic rings. The number of ether oxygens (including phenoxy) is 3. The van der Waals surface area contributed by atoms with Crippen molar-refractivity contribution in [2.75, 3.05) is 52.8 Å². The van der Waals surface area contributed by atoms with Gasteiger partial charge in [-0.2, -0.15) is 5.10 Å². The number of aromatic nitrogens is 2. The van der Waals surface area contributed by atoms with E-state index >= 15 is 0 Å². The molecule has 0 atom stereocenters. The van der Waals surface area contributed by atoms with E-state index in [9.17, 15) is 9.59 Å². The summed E-state index contributed by atoms with van der Waals surface area (Å²) < 4.78 is 18.8. The predicted octanol–water partition coefficient (Wildman–Crippen LogP) is 5.61. The number of benzene rings is 2. The van der Waals surface area contributed by atoms with Gasteiger partial charge < -0.3 is 35.5 Å². The van der Waals surface area contributed by atoms with Crippen LogP contribution < -0.4 is 25.8 Å². The van der Waals surface area contributed by atoms with Crippen molar-refractivity contribution >= 4 is 17.6 Å². The Morgan fingerprint density at radius 3 is 2.19 bits per heavy atom. The van der Waals surface area contributed by atoms with Gasteiger partial charge in [0, 0.05) is 12.2 Å². The zero-order valence-electron chi connectivity index (χ0n) is 29.8. The quantitative estimate of drug-likeness (QED) is 0.134. The molecule has 0 saturated carbocycles. The molecule has 0 fully saturated rings. The minimum atomic E-state index is -1.30. The highest BCUT2D eigenvalue weighted by atomic mass is 16.6. The van der Waals surface area contributed by atoms with Crippen molar-refractivity contribution in [3.8, 4) is 28.4 Å². The third kappa shape index (κ3) is 9.95. The van der Waals surface area contributed by atoms with Gasteiger partial charge in [0.25, 0.3) is 5.91 Å². The van der Waals surface area contributed by atoms with Crippen LogP contribution in [0.3, 0.4) is 0 Å². The molecule has 1 heterocycles. The number of nitrogens with one attached hydrogen (secondary N) is 2. The second-order valence-electron chi connectivity index (χ2n) is 13.6. The van der Waals surface area contributed by atoms with Gasteiger partial charge in [-0.15, -0.1) is 0 Å². The molecule has 0 saturated heterocycles. The Labute approximate surface area is 280 Å². The monoisotopic (exact) mass is 650 g/mol. The Kier molecular flexibility index (Phi) is 12.8. The van der Waals surface area contributed by atoms with Crippen molar-refractivity contribution in [3.63, 3.8) is 0 Å². The summed E-state index contributed by atoms with van der Waals surface area (Å²) in [7, 11) is 5.30. The number of amides is 1. The van der Waals surface area contributed by atoms with Crippen molar-refractivity contribution in [1.82, 2.24) is 20.0 Å². The molecule has 2 aromatic carbocycles.